The molecule has 1 aliphatic heterocycles. The third kappa shape index (κ3) is 5.72. The van der Waals surface area contributed by atoms with E-state index in [4.69, 9.17) is 0 Å². The Hall–Kier alpha value is -4.57. The predicted molar refractivity (Wildman–Crippen MR) is 155 cm³/mol. The van der Waals surface area contributed by atoms with Gasteiger partial charge in [0.2, 0.25) is 6.33 Å². The van der Waals surface area contributed by atoms with Gasteiger partial charge in [-0.25, -0.2) is 0 Å². The molecule has 1 aliphatic rings. The van der Waals surface area contributed by atoms with Gasteiger partial charge in [-0.05, 0) is 30.0 Å². The average Bonchev–Trinajstić information content (AvgIpc) is 3.38. The predicted octanol–water partition coefficient (Wildman–Crippen LogP) is 7.13. The SMILES string of the molecule is C[n+]1[c-]n(C2=[C-]c3ccccc3-c3ccccc3N2c2ccccc2)cc1.[Ir+3].[c-]1ccccc1-c1ccccn1. The van der Waals surface area contributed by atoms with Crippen LogP contribution in [0, 0.1) is 18.5 Å². The van der Waals surface area contributed by atoms with Gasteiger partial charge in [0.15, 0.2) is 0 Å². The van der Waals surface area contributed by atoms with Gasteiger partial charge in [-0.15, -0.1) is 53.6 Å². The van der Waals surface area contributed by atoms with Crippen LogP contribution in [0.25, 0.3) is 28.2 Å². The van der Waals surface area contributed by atoms with E-state index < -0.39 is 0 Å². The fourth-order valence-corrected chi connectivity index (χ4v) is 4.62. The van der Waals surface area contributed by atoms with E-state index in [2.05, 4.69) is 101 Å². The van der Waals surface area contributed by atoms with Crippen LogP contribution >= 0.6 is 0 Å². The molecule has 5 heteroatoms. The topological polar surface area (TPSA) is 24.9 Å². The molecular formula is C35H26IrN4+. The minimum atomic E-state index is 0. The summed E-state index contributed by atoms with van der Waals surface area (Å²) < 4.78 is 3.91. The largest absolute Gasteiger partial charge is 3.00 e. The first-order valence-electron chi connectivity index (χ1n) is 12.8. The summed E-state index contributed by atoms with van der Waals surface area (Å²) in [5, 5.41) is 0. The minimum absolute atomic E-state index is 0. The first-order chi connectivity index (χ1) is 19.3. The number of anilines is 2. The Labute approximate surface area is 248 Å². The first-order valence-corrected chi connectivity index (χ1v) is 12.8. The van der Waals surface area contributed by atoms with Crippen molar-refractivity contribution in [3.05, 3.63) is 164 Å². The van der Waals surface area contributed by atoms with Crippen molar-refractivity contribution in [3.63, 3.8) is 0 Å². The first kappa shape index (κ1) is 27.0. The minimum Gasteiger partial charge on any atom is -0.329 e. The van der Waals surface area contributed by atoms with Crippen LogP contribution in [0.2, 0.25) is 0 Å². The van der Waals surface area contributed by atoms with Crippen molar-refractivity contribution < 1.29 is 24.7 Å². The third-order valence-corrected chi connectivity index (χ3v) is 6.42. The quantitative estimate of drug-likeness (QED) is 0.146. The molecule has 6 aromatic rings. The van der Waals surface area contributed by atoms with Gasteiger partial charge in [0.25, 0.3) is 0 Å². The molecule has 4 nitrogen and oxygen atoms in total. The molecule has 0 unspecified atom stereocenters. The Morgan fingerprint density at radius 2 is 1.45 bits per heavy atom. The molecule has 0 atom stereocenters. The zero-order chi connectivity index (χ0) is 26.4. The van der Waals surface area contributed by atoms with Gasteiger partial charge in [-0.1, -0.05) is 60.2 Å². The molecule has 0 amide bonds. The maximum Gasteiger partial charge on any atom is 3.00 e. The zero-order valence-corrected chi connectivity index (χ0v) is 24.3. The van der Waals surface area contributed by atoms with Crippen molar-refractivity contribution in [2.45, 2.75) is 0 Å². The number of aryl methyl sites for hydroxylation is 1. The maximum atomic E-state index is 4.22. The number of pyridine rings is 1. The molecule has 40 heavy (non-hydrogen) atoms. The maximum absolute atomic E-state index is 4.22. The number of nitrogens with zero attached hydrogens (tertiary/aromatic N) is 4. The fourth-order valence-electron chi connectivity index (χ4n) is 4.62. The summed E-state index contributed by atoms with van der Waals surface area (Å²) in [6, 6.07) is 44.1. The van der Waals surface area contributed by atoms with Gasteiger partial charge in [0.1, 0.15) is 0 Å². The van der Waals surface area contributed by atoms with Crippen LogP contribution in [-0.4, -0.2) is 9.55 Å². The Kier molecular flexibility index (Phi) is 8.46. The third-order valence-electron chi connectivity index (χ3n) is 6.42. The smallest absolute Gasteiger partial charge is 0.329 e. The Bertz CT molecular complexity index is 1670. The van der Waals surface area contributed by atoms with Crippen LogP contribution in [0.3, 0.4) is 0 Å². The van der Waals surface area contributed by atoms with Crippen LogP contribution in [0.4, 0.5) is 11.4 Å². The van der Waals surface area contributed by atoms with Crippen LogP contribution < -0.4 is 9.47 Å². The molecular weight excluding hydrogens is 669 g/mol. The summed E-state index contributed by atoms with van der Waals surface area (Å²) in [5.74, 6) is 0.916. The van der Waals surface area contributed by atoms with E-state index in [1.165, 1.54) is 11.1 Å². The normalized spacial score (nSPS) is 11.5. The molecule has 0 N–H and O–H groups in total. The van der Waals surface area contributed by atoms with Crippen LogP contribution in [0.15, 0.2) is 140 Å². The number of aromatic nitrogens is 3. The van der Waals surface area contributed by atoms with Gasteiger partial charge >= 0.3 is 20.1 Å². The molecule has 194 valence electrons. The van der Waals surface area contributed by atoms with Crippen LogP contribution in [-0.2, 0) is 27.2 Å². The Morgan fingerprint density at radius 1 is 0.725 bits per heavy atom. The van der Waals surface area contributed by atoms with Crippen molar-refractivity contribution >= 4 is 17.2 Å². The van der Waals surface area contributed by atoms with Gasteiger partial charge in [-0.3, -0.25) is 0 Å². The summed E-state index contributed by atoms with van der Waals surface area (Å²) in [7, 11) is 1.97. The molecule has 0 bridgehead atoms. The van der Waals surface area contributed by atoms with E-state index in [-0.39, 0.29) is 20.1 Å². The number of benzene rings is 4. The summed E-state index contributed by atoms with van der Waals surface area (Å²) in [6.07, 6.45) is 12.8. The molecule has 0 fully saturated rings. The number of hydrogen-bond donors (Lipinski definition) is 0. The molecule has 2 aromatic heterocycles. The van der Waals surface area contributed by atoms with Crippen molar-refractivity contribution in [2.75, 3.05) is 4.90 Å². The van der Waals surface area contributed by atoms with E-state index in [0.717, 1.165) is 34.0 Å². The number of para-hydroxylation sites is 2. The second kappa shape index (κ2) is 12.5. The van der Waals surface area contributed by atoms with E-state index in [1.54, 1.807) is 6.20 Å². The number of imidazole rings is 1. The summed E-state index contributed by atoms with van der Waals surface area (Å²) >= 11 is 0. The van der Waals surface area contributed by atoms with Gasteiger partial charge in [-0.2, -0.15) is 17.7 Å². The second-order valence-electron chi connectivity index (χ2n) is 9.05. The fraction of sp³-hybridized carbons (Fsp3) is 0.0286. The van der Waals surface area contributed by atoms with Crippen molar-refractivity contribution in [2.24, 2.45) is 7.05 Å². The van der Waals surface area contributed by atoms with Crippen molar-refractivity contribution in [1.82, 2.24) is 9.55 Å². The van der Waals surface area contributed by atoms with Crippen molar-refractivity contribution in [3.8, 4) is 22.4 Å². The Balaban J connectivity index is 0.000000209. The van der Waals surface area contributed by atoms with Crippen LogP contribution in [0.1, 0.15) is 5.56 Å². The molecule has 0 saturated carbocycles. The summed E-state index contributed by atoms with van der Waals surface area (Å²) in [6.45, 7) is 0. The molecule has 4 aromatic carbocycles. The Morgan fingerprint density at radius 3 is 2.17 bits per heavy atom. The molecule has 3 heterocycles. The van der Waals surface area contributed by atoms with E-state index in [0.29, 0.717) is 0 Å². The van der Waals surface area contributed by atoms with Gasteiger partial charge in [0.05, 0.1) is 12.9 Å². The zero-order valence-electron chi connectivity index (χ0n) is 21.9. The number of rotatable bonds is 3. The standard InChI is InChI=1S/C24H18N3.C11H8N.Ir/c1-25-15-16-26(18-25)24-17-19-9-5-6-12-21(19)22-13-7-8-14-23(22)27(24)20-10-3-2-4-11-20;1-2-6-10(7-3-1)11-8-4-5-9-12-11;/h2-16H,1H3;1-6,8-9H;/q2*-1;+3. The second-order valence-corrected chi connectivity index (χ2v) is 9.05. The summed E-state index contributed by atoms with van der Waals surface area (Å²) in [4.78, 5) is 6.46. The van der Waals surface area contributed by atoms with E-state index in [1.807, 2.05) is 77.1 Å². The average molecular weight is 695 g/mol. The molecule has 0 aliphatic carbocycles. The van der Waals surface area contributed by atoms with Gasteiger partial charge < -0.3 is 19.0 Å². The van der Waals surface area contributed by atoms with Crippen molar-refractivity contribution in [1.29, 1.82) is 0 Å². The monoisotopic (exact) mass is 695 g/mol. The van der Waals surface area contributed by atoms with Gasteiger partial charge in [0, 0.05) is 30.0 Å². The van der Waals surface area contributed by atoms with E-state index in [9.17, 15) is 0 Å². The molecule has 0 spiro atoms. The van der Waals surface area contributed by atoms with E-state index >= 15 is 0 Å². The molecule has 0 radical (unpaired) electrons. The number of hydrogen-bond acceptors (Lipinski definition) is 2. The van der Waals surface area contributed by atoms with Crippen LogP contribution in [0.5, 0.6) is 0 Å². The number of fused-ring (bicyclic) bond motifs is 3. The summed E-state index contributed by atoms with van der Waals surface area (Å²) in [5.41, 5.74) is 7.67. The molecule has 0 saturated heterocycles. The molecule has 7 rings (SSSR count).